The zero-order valence-corrected chi connectivity index (χ0v) is 41.4. The van der Waals surface area contributed by atoms with Gasteiger partial charge in [-0.15, -0.1) is 0 Å². The zero-order valence-electron chi connectivity index (χ0n) is 41.4. The molecule has 6 nitrogen and oxygen atoms in total. The van der Waals surface area contributed by atoms with Gasteiger partial charge in [0, 0.05) is 12.1 Å². The molecule has 8 saturated carbocycles. The van der Waals surface area contributed by atoms with Crippen LogP contribution in [0.15, 0.2) is 72.8 Å². The first-order valence-electron chi connectivity index (χ1n) is 26.1. The Morgan fingerprint density at radius 2 is 0.818 bits per heavy atom. The van der Waals surface area contributed by atoms with Crippen molar-refractivity contribution < 1.29 is 19.7 Å². The summed E-state index contributed by atoms with van der Waals surface area (Å²) < 4.78 is 13.2. The van der Waals surface area contributed by atoms with E-state index in [1.165, 1.54) is 127 Å². The molecule has 8 fully saturated rings. The van der Waals surface area contributed by atoms with Crippen LogP contribution in [0.2, 0.25) is 0 Å². The monoisotopic (exact) mass is 893 g/mol. The number of benzene rings is 4. The fraction of sp³-hybridized carbons (Fsp3) is 0.600. The lowest BCUT2D eigenvalue weighted by Gasteiger charge is -2.80. The van der Waals surface area contributed by atoms with Crippen molar-refractivity contribution in [3.05, 3.63) is 95.1 Å². The molecule has 354 valence electrons. The Morgan fingerprint density at radius 1 is 0.439 bits per heavy atom. The molecule has 8 aliphatic rings. The van der Waals surface area contributed by atoms with E-state index in [2.05, 4.69) is 77.9 Å². The van der Waals surface area contributed by atoms with E-state index < -0.39 is 0 Å². The summed E-state index contributed by atoms with van der Waals surface area (Å²) in [5, 5.41) is 21.0. The van der Waals surface area contributed by atoms with E-state index in [0.29, 0.717) is 44.5 Å². The van der Waals surface area contributed by atoms with Crippen LogP contribution in [0, 0.1) is 32.5 Å². The van der Waals surface area contributed by atoms with Gasteiger partial charge >= 0.3 is 0 Å². The quantitative estimate of drug-likeness (QED) is 0.0477. The molecule has 4 aromatic carbocycles. The number of phenolic OH excluding ortho intramolecular Hbond substituents is 2. The van der Waals surface area contributed by atoms with Gasteiger partial charge in [0.2, 0.25) is 0 Å². The van der Waals surface area contributed by atoms with Crippen LogP contribution in [0.3, 0.4) is 0 Å². The van der Waals surface area contributed by atoms with E-state index in [1.807, 2.05) is 12.1 Å². The van der Waals surface area contributed by atoms with Crippen molar-refractivity contribution in [1.82, 2.24) is 0 Å². The van der Waals surface area contributed by atoms with Crippen molar-refractivity contribution >= 4 is 11.4 Å². The predicted molar refractivity (Wildman–Crippen MR) is 270 cm³/mol. The second-order valence-corrected chi connectivity index (χ2v) is 25.4. The second-order valence-electron chi connectivity index (χ2n) is 25.4. The Hall–Kier alpha value is -4.32. The van der Waals surface area contributed by atoms with Gasteiger partial charge in [-0.1, -0.05) is 104 Å². The first-order chi connectivity index (χ1) is 31.4. The van der Waals surface area contributed by atoms with Gasteiger partial charge in [0.05, 0.1) is 11.4 Å². The van der Waals surface area contributed by atoms with Crippen molar-refractivity contribution in [3.63, 3.8) is 0 Å². The molecule has 0 spiro atoms. The van der Waals surface area contributed by atoms with Gasteiger partial charge in [0.15, 0.2) is 0 Å². The lowest BCUT2D eigenvalue weighted by atomic mass is 9.24. The second kappa shape index (κ2) is 16.2. The molecular weight excluding hydrogens is 813 g/mol. The minimum absolute atomic E-state index is 0.0632. The molecule has 4 atom stereocenters. The van der Waals surface area contributed by atoms with Crippen molar-refractivity contribution in [3.8, 4) is 34.5 Å². The summed E-state index contributed by atoms with van der Waals surface area (Å²) >= 11 is 0. The highest BCUT2D eigenvalue weighted by Crippen LogP contribution is 2.85. The number of ether oxygens (including phenoxy) is 2. The van der Waals surface area contributed by atoms with E-state index >= 15 is 0 Å². The van der Waals surface area contributed by atoms with E-state index in [4.69, 9.17) is 20.9 Å². The number of nitrogen functional groups attached to an aromatic ring is 2. The predicted octanol–water partition coefficient (Wildman–Crippen LogP) is 16.0. The number of phenols is 2. The fourth-order valence-corrected chi connectivity index (χ4v) is 18.4. The van der Waals surface area contributed by atoms with Crippen molar-refractivity contribution in [2.24, 2.45) is 32.5 Å². The van der Waals surface area contributed by atoms with Gasteiger partial charge in [-0.05, 0) is 205 Å². The number of aryl methyl sites for hydroxylation is 2. The maximum atomic E-state index is 10.5. The number of unbranched alkanes of at least 4 members (excludes halogenated alkanes) is 6. The third-order valence-electron chi connectivity index (χ3n) is 18.7. The van der Waals surface area contributed by atoms with Crippen LogP contribution < -0.4 is 20.9 Å². The Labute approximate surface area is 396 Å². The molecule has 6 N–H and O–H groups in total. The SMILES string of the molecule is CCCCCCc1cc(C23CC4(C)CC(C)(C2)CC(C25CC6(C)CC(C)(CC(c7ccc(Oc8ccc(N)c(O)c8)c(CCCCCC)c7)(C6)C2)C5)(C4)C3)ccc1Oc1ccc(N)c(O)c1. The molecule has 0 aliphatic heterocycles. The molecular formula is C60H80N2O4. The Kier molecular flexibility index (Phi) is 11.1. The van der Waals surface area contributed by atoms with Gasteiger partial charge < -0.3 is 31.2 Å². The maximum Gasteiger partial charge on any atom is 0.142 e. The van der Waals surface area contributed by atoms with Crippen LogP contribution >= 0.6 is 0 Å². The molecule has 4 aromatic rings. The number of nitrogens with two attached hydrogens (primary N) is 2. The summed E-state index contributed by atoms with van der Waals surface area (Å²) in [5.41, 5.74) is 20.5. The number of hydrogen-bond acceptors (Lipinski definition) is 6. The van der Waals surface area contributed by atoms with Gasteiger partial charge in [-0.25, -0.2) is 0 Å². The van der Waals surface area contributed by atoms with E-state index in [0.717, 1.165) is 37.2 Å². The minimum atomic E-state index is 0.0632. The normalized spacial score (nSPS) is 34.8. The average molecular weight is 893 g/mol. The summed E-state index contributed by atoms with van der Waals surface area (Å²) in [6.07, 6.45) is 27.6. The summed E-state index contributed by atoms with van der Waals surface area (Å²) in [6, 6.07) is 25.2. The molecule has 12 rings (SSSR count). The molecule has 0 aromatic heterocycles. The third kappa shape index (κ3) is 7.96. The molecule has 66 heavy (non-hydrogen) atoms. The highest BCUT2D eigenvalue weighted by Gasteiger charge is 2.76. The van der Waals surface area contributed by atoms with Crippen LogP contribution in [-0.4, -0.2) is 10.2 Å². The lowest BCUT2D eigenvalue weighted by molar-refractivity contribution is -0.275. The number of anilines is 2. The number of rotatable bonds is 17. The van der Waals surface area contributed by atoms with Crippen molar-refractivity contribution in [2.45, 2.75) is 194 Å². The lowest BCUT2D eigenvalue weighted by Crippen LogP contribution is -2.71. The largest absolute Gasteiger partial charge is 0.506 e. The van der Waals surface area contributed by atoms with Crippen LogP contribution in [0.4, 0.5) is 11.4 Å². The van der Waals surface area contributed by atoms with Crippen LogP contribution in [0.1, 0.15) is 192 Å². The number of aromatic hydroxyl groups is 2. The third-order valence-corrected chi connectivity index (χ3v) is 18.7. The number of hydrogen-bond donors (Lipinski definition) is 4. The van der Waals surface area contributed by atoms with Gasteiger partial charge in [0.1, 0.15) is 34.5 Å². The van der Waals surface area contributed by atoms with Gasteiger partial charge in [0.25, 0.3) is 0 Å². The van der Waals surface area contributed by atoms with Crippen LogP contribution in [0.5, 0.6) is 34.5 Å². The molecule has 0 saturated heterocycles. The van der Waals surface area contributed by atoms with Crippen molar-refractivity contribution in [1.29, 1.82) is 0 Å². The summed E-state index contributed by atoms with van der Waals surface area (Å²) in [5.74, 6) is 3.20. The molecule has 8 bridgehead atoms. The highest BCUT2D eigenvalue weighted by molar-refractivity contribution is 5.57. The molecule has 0 heterocycles. The van der Waals surface area contributed by atoms with E-state index in [9.17, 15) is 10.2 Å². The Bertz CT molecular complexity index is 2280. The standard InChI is InChI=1S/C60H80N2O4/c1-7-9-11-13-15-41-25-43(17-23-51(41)65-45-19-21-47(61)49(63)27-45)57-31-53(3)29-54(4,32-57)36-59(35-53,39-57)60-37-55(5)30-56(6,38-60)34-58(33-55,40-60)44-18-24-52(42(26-44)16-14-12-10-8-2)66-46-20-22-48(62)50(64)28-46/h17-28,63-64H,7-16,29-40,61-62H2,1-6H3. The fourth-order valence-electron chi connectivity index (χ4n) is 18.4. The molecule has 6 heteroatoms. The molecule has 8 aliphatic carbocycles. The first-order valence-corrected chi connectivity index (χ1v) is 26.1. The Balaban J connectivity index is 1.03. The average Bonchev–Trinajstić information content (AvgIpc) is 3.22. The molecule has 4 unspecified atom stereocenters. The minimum Gasteiger partial charge on any atom is -0.506 e. The zero-order chi connectivity index (χ0) is 46.4. The van der Waals surface area contributed by atoms with Crippen molar-refractivity contribution in [2.75, 3.05) is 11.5 Å². The molecule has 0 radical (unpaired) electrons. The Morgan fingerprint density at radius 3 is 1.17 bits per heavy atom. The van der Waals surface area contributed by atoms with Gasteiger partial charge in [-0.2, -0.15) is 0 Å². The first kappa shape index (κ1) is 45.5. The maximum absolute atomic E-state index is 10.5. The summed E-state index contributed by atoms with van der Waals surface area (Å²) in [4.78, 5) is 0. The highest BCUT2D eigenvalue weighted by atomic mass is 16.5. The smallest absolute Gasteiger partial charge is 0.142 e. The van der Waals surface area contributed by atoms with E-state index in [1.54, 1.807) is 35.4 Å². The summed E-state index contributed by atoms with van der Waals surface area (Å²) in [6.45, 7) is 15.4. The topological polar surface area (TPSA) is 111 Å². The van der Waals surface area contributed by atoms with E-state index in [-0.39, 0.29) is 33.2 Å². The summed E-state index contributed by atoms with van der Waals surface area (Å²) in [7, 11) is 0. The van der Waals surface area contributed by atoms with Gasteiger partial charge in [-0.3, -0.25) is 0 Å². The molecule has 0 amide bonds. The van der Waals surface area contributed by atoms with Crippen LogP contribution in [0.25, 0.3) is 0 Å². The van der Waals surface area contributed by atoms with Crippen LogP contribution in [-0.2, 0) is 23.7 Å².